The van der Waals surface area contributed by atoms with E-state index in [4.69, 9.17) is 8.94 Å². The highest BCUT2D eigenvalue weighted by Gasteiger charge is 2.11. The summed E-state index contributed by atoms with van der Waals surface area (Å²) in [6, 6.07) is 16.2. The quantitative estimate of drug-likeness (QED) is 0.597. The van der Waals surface area contributed by atoms with Crippen LogP contribution in [-0.2, 0) is 11.2 Å². The van der Waals surface area contributed by atoms with E-state index in [1.807, 2.05) is 30.3 Å². The second kappa shape index (κ2) is 6.12. The molecular formula is C18H13N3O4. The highest BCUT2D eigenvalue weighted by Crippen LogP contribution is 2.20. The molecular weight excluding hydrogens is 322 g/mol. The van der Waals surface area contributed by atoms with Gasteiger partial charge in [-0.25, -0.2) is 4.79 Å². The fourth-order valence-electron chi connectivity index (χ4n) is 2.53. The summed E-state index contributed by atoms with van der Waals surface area (Å²) in [4.78, 5) is 25.9. The Bertz CT molecular complexity index is 1090. The molecule has 2 N–H and O–H groups in total. The van der Waals surface area contributed by atoms with Crippen molar-refractivity contribution in [3.8, 4) is 11.3 Å². The molecule has 4 aromatic rings. The Kier molecular flexibility index (Phi) is 3.66. The number of nitrogens with one attached hydrogen (secondary N) is 2. The Morgan fingerprint density at radius 3 is 2.80 bits per heavy atom. The third kappa shape index (κ3) is 3.20. The number of nitrogens with zero attached hydrogens (tertiary/aromatic N) is 1. The highest BCUT2D eigenvalue weighted by molar-refractivity contribution is 5.93. The third-order valence-corrected chi connectivity index (χ3v) is 3.66. The summed E-state index contributed by atoms with van der Waals surface area (Å²) in [6.45, 7) is 0. The molecule has 7 nitrogen and oxygen atoms in total. The number of benzene rings is 2. The number of aromatic nitrogens is 2. The summed E-state index contributed by atoms with van der Waals surface area (Å²) >= 11 is 0. The number of aromatic amines is 1. The lowest BCUT2D eigenvalue weighted by atomic mass is 10.1. The van der Waals surface area contributed by atoms with Crippen molar-refractivity contribution in [2.75, 3.05) is 5.32 Å². The molecule has 1 amide bonds. The molecule has 0 fully saturated rings. The minimum Gasteiger partial charge on any atom is -0.408 e. The topological polar surface area (TPSA) is 101 Å². The van der Waals surface area contributed by atoms with Gasteiger partial charge in [0.25, 0.3) is 0 Å². The first-order chi connectivity index (χ1) is 12.2. The third-order valence-electron chi connectivity index (χ3n) is 3.66. The molecule has 2 heterocycles. The van der Waals surface area contributed by atoms with Crippen LogP contribution in [0.25, 0.3) is 22.4 Å². The minimum atomic E-state index is -0.533. The van der Waals surface area contributed by atoms with Crippen molar-refractivity contribution in [1.29, 1.82) is 0 Å². The van der Waals surface area contributed by atoms with Gasteiger partial charge >= 0.3 is 5.76 Å². The van der Waals surface area contributed by atoms with Gasteiger partial charge in [0, 0.05) is 17.3 Å². The average molecular weight is 335 g/mol. The Labute approximate surface area is 141 Å². The molecule has 4 rings (SSSR count). The molecule has 124 valence electrons. The first-order valence-corrected chi connectivity index (χ1v) is 7.61. The Morgan fingerprint density at radius 2 is 1.96 bits per heavy atom. The van der Waals surface area contributed by atoms with Crippen LogP contribution in [0.5, 0.6) is 0 Å². The number of anilines is 1. The predicted octanol–water partition coefficient (Wildman–Crippen LogP) is 2.96. The van der Waals surface area contributed by atoms with Gasteiger partial charge in [-0.15, -0.1) is 0 Å². The number of fused-ring (bicyclic) bond motifs is 1. The first kappa shape index (κ1) is 14.9. The summed E-state index contributed by atoms with van der Waals surface area (Å²) in [5.41, 5.74) is 2.95. The van der Waals surface area contributed by atoms with Crippen LogP contribution in [0.2, 0.25) is 0 Å². The monoisotopic (exact) mass is 335 g/mol. The fraction of sp³-hybridized carbons (Fsp3) is 0.0556. The van der Waals surface area contributed by atoms with Crippen LogP contribution in [0, 0.1) is 0 Å². The molecule has 7 heteroatoms. The maximum absolute atomic E-state index is 12.2. The van der Waals surface area contributed by atoms with E-state index in [0.29, 0.717) is 28.2 Å². The number of hydrogen-bond acceptors (Lipinski definition) is 5. The zero-order valence-electron chi connectivity index (χ0n) is 13.0. The molecule has 2 aromatic carbocycles. The van der Waals surface area contributed by atoms with Crippen molar-refractivity contribution in [2.24, 2.45) is 0 Å². The second-order valence-corrected chi connectivity index (χ2v) is 5.50. The Hall–Kier alpha value is -3.61. The number of carbonyl (C=O) groups is 1. The predicted molar refractivity (Wildman–Crippen MR) is 91.1 cm³/mol. The SMILES string of the molecule is O=C(Cc1cc(-c2ccccc2)on1)Nc1ccc2oc(=O)[nH]c2c1. The Balaban J connectivity index is 1.46. The van der Waals surface area contributed by atoms with Crippen molar-refractivity contribution in [2.45, 2.75) is 6.42 Å². The molecule has 0 spiro atoms. The van der Waals surface area contributed by atoms with Crippen LogP contribution in [0.4, 0.5) is 5.69 Å². The number of H-pyrrole nitrogens is 1. The van der Waals surface area contributed by atoms with Gasteiger partial charge in [0.2, 0.25) is 5.91 Å². The smallest absolute Gasteiger partial charge is 0.408 e. The van der Waals surface area contributed by atoms with E-state index in [0.717, 1.165) is 5.56 Å². The maximum atomic E-state index is 12.2. The van der Waals surface area contributed by atoms with Crippen LogP contribution in [0.1, 0.15) is 5.69 Å². The number of rotatable bonds is 4. The lowest BCUT2D eigenvalue weighted by molar-refractivity contribution is -0.115. The zero-order chi connectivity index (χ0) is 17.2. The van der Waals surface area contributed by atoms with Gasteiger partial charge in [0.1, 0.15) is 0 Å². The van der Waals surface area contributed by atoms with E-state index in [-0.39, 0.29) is 12.3 Å². The van der Waals surface area contributed by atoms with Gasteiger partial charge in [-0.2, -0.15) is 0 Å². The van der Waals surface area contributed by atoms with Crippen molar-refractivity contribution in [3.05, 3.63) is 70.8 Å². The summed E-state index contributed by atoms with van der Waals surface area (Å²) in [5, 5.41) is 6.69. The van der Waals surface area contributed by atoms with Crippen LogP contribution in [0.15, 0.2) is 68.3 Å². The van der Waals surface area contributed by atoms with E-state index in [1.54, 1.807) is 24.3 Å². The first-order valence-electron chi connectivity index (χ1n) is 7.61. The average Bonchev–Trinajstić information content (AvgIpc) is 3.21. The van der Waals surface area contributed by atoms with E-state index >= 15 is 0 Å². The minimum absolute atomic E-state index is 0.0796. The van der Waals surface area contributed by atoms with E-state index < -0.39 is 5.76 Å². The molecule has 0 unspecified atom stereocenters. The van der Waals surface area contributed by atoms with Crippen LogP contribution >= 0.6 is 0 Å². The number of amides is 1. The largest absolute Gasteiger partial charge is 0.417 e. The lowest BCUT2D eigenvalue weighted by Crippen LogP contribution is -2.14. The van der Waals surface area contributed by atoms with E-state index in [9.17, 15) is 9.59 Å². The molecule has 0 aliphatic carbocycles. The molecule has 0 saturated carbocycles. The lowest BCUT2D eigenvalue weighted by Gasteiger charge is -2.03. The van der Waals surface area contributed by atoms with E-state index in [1.165, 1.54) is 0 Å². The second-order valence-electron chi connectivity index (χ2n) is 5.50. The molecule has 0 atom stereocenters. The van der Waals surface area contributed by atoms with Crippen LogP contribution < -0.4 is 11.1 Å². The fourth-order valence-corrected chi connectivity index (χ4v) is 2.53. The Morgan fingerprint density at radius 1 is 1.12 bits per heavy atom. The molecule has 25 heavy (non-hydrogen) atoms. The van der Waals surface area contributed by atoms with Gasteiger partial charge in [-0.1, -0.05) is 35.5 Å². The van der Waals surface area contributed by atoms with Crippen LogP contribution in [-0.4, -0.2) is 16.0 Å². The van der Waals surface area contributed by atoms with Crippen molar-refractivity contribution in [1.82, 2.24) is 10.1 Å². The van der Waals surface area contributed by atoms with Gasteiger partial charge in [-0.05, 0) is 18.2 Å². The summed E-state index contributed by atoms with van der Waals surface area (Å²) in [7, 11) is 0. The summed E-state index contributed by atoms with van der Waals surface area (Å²) < 4.78 is 10.2. The number of hydrogen-bond donors (Lipinski definition) is 2. The van der Waals surface area contributed by atoms with Gasteiger partial charge in [-0.3, -0.25) is 9.78 Å². The number of carbonyl (C=O) groups excluding carboxylic acids is 1. The molecule has 2 aromatic heterocycles. The molecule has 0 aliphatic heterocycles. The van der Waals surface area contributed by atoms with Gasteiger partial charge in [0.05, 0.1) is 17.6 Å². The van der Waals surface area contributed by atoms with Crippen molar-refractivity contribution >= 4 is 22.7 Å². The normalized spacial score (nSPS) is 10.9. The highest BCUT2D eigenvalue weighted by atomic mass is 16.5. The van der Waals surface area contributed by atoms with Gasteiger partial charge < -0.3 is 14.3 Å². The number of oxazole rings is 1. The standard InChI is InChI=1S/C18H13N3O4/c22-17(19-12-6-7-15-14(8-12)20-18(23)24-15)10-13-9-16(25-21-13)11-4-2-1-3-5-11/h1-9H,10H2,(H,19,22)(H,20,23). The molecule has 0 bridgehead atoms. The molecule has 0 radical (unpaired) electrons. The molecule has 0 aliphatic rings. The van der Waals surface area contributed by atoms with Crippen molar-refractivity contribution in [3.63, 3.8) is 0 Å². The maximum Gasteiger partial charge on any atom is 0.417 e. The van der Waals surface area contributed by atoms with Gasteiger partial charge in [0.15, 0.2) is 11.3 Å². The van der Waals surface area contributed by atoms with E-state index in [2.05, 4.69) is 15.5 Å². The van der Waals surface area contributed by atoms with Crippen LogP contribution in [0.3, 0.4) is 0 Å². The van der Waals surface area contributed by atoms with Crippen molar-refractivity contribution < 1.29 is 13.7 Å². The molecule has 0 saturated heterocycles. The summed E-state index contributed by atoms with van der Waals surface area (Å²) in [6.07, 6.45) is 0.0796. The zero-order valence-corrected chi connectivity index (χ0v) is 13.0. The summed E-state index contributed by atoms with van der Waals surface area (Å²) in [5.74, 6) is -0.159.